The van der Waals surface area contributed by atoms with Crippen molar-refractivity contribution in [1.29, 1.82) is 0 Å². The van der Waals surface area contributed by atoms with Gasteiger partial charge in [-0.25, -0.2) is 4.98 Å². The lowest BCUT2D eigenvalue weighted by Crippen LogP contribution is -2.17. The van der Waals surface area contributed by atoms with Crippen molar-refractivity contribution in [3.63, 3.8) is 0 Å². The van der Waals surface area contributed by atoms with E-state index >= 15 is 0 Å². The van der Waals surface area contributed by atoms with Crippen LogP contribution in [0.5, 0.6) is 0 Å². The number of nitrogens with two attached hydrogens (primary N) is 1. The molecule has 2 aromatic heterocycles. The zero-order chi connectivity index (χ0) is 12.5. The number of rotatable bonds is 3. The molecule has 0 bridgehead atoms. The normalized spacial score (nSPS) is 11.7. The van der Waals surface area contributed by atoms with Gasteiger partial charge in [0.15, 0.2) is 0 Å². The number of nitrogens with zero attached hydrogens (tertiary/aromatic N) is 2. The molecule has 0 aromatic carbocycles. The predicted octanol–water partition coefficient (Wildman–Crippen LogP) is 2.74. The monoisotopic (exact) mass is 230 g/mol. The van der Waals surface area contributed by atoms with Crippen molar-refractivity contribution >= 4 is 5.82 Å². The largest absolute Gasteiger partial charge is 0.384 e. The first-order valence-electron chi connectivity index (χ1n) is 5.80. The van der Waals surface area contributed by atoms with Gasteiger partial charge in [-0.15, -0.1) is 0 Å². The van der Waals surface area contributed by atoms with Crippen LogP contribution in [0, 0.1) is 0 Å². The molecule has 0 saturated heterocycles. The summed E-state index contributed by atoms with van der Waals surface area (Å²) in [4.78, 5) is 4.01. The predicted molar refractivity (Wildman–Crippen MR) is 69.5 cm³/mol. The number of aromatic nitrogens is 3. The molecule has 17 heavy (non-hydrogen) atoms. The number of H-pyrrole nitrogens is 1. The quantitative estimate of drug-likeness (QED) is 0.852. The van der Waals surface area contributed by atoms with Crippen molar-refractivity contribution in [2.24, 2.45) is 0 Å². The highest BCUT2D eigenvalue weighted by Crippen LogP contribution is 2.33. The molecule has 4 nitrogen and oxygen atoms in total. The summed E-state index contributed by atoms with van der Waals surface area (Å²) >= 11 is 0. The summed E-state index contributed by atoms with van der Waals surface area (Å²) < 4.78 is 0. The minimum atomic E-state index is 0.0733. The maximum absolute atomic E-state index is 5.71. The molecule has 0 atom stereocenters. The average Bonchev–Trinajstić information content (AvgIpc) is 2.78. The molecule has 0 aliphatic heterocycles. The van der Waals surface area contributed by atoms with Gasteiger partial charge in [-0.05, 0) is 24.1 Å². The fourth-order valence-corrected chi connectivity index (χ4v) is 1.81. The number of pyridine rings is 1. The zero-order valence-corrected chi connectivity index (χ0v) is 10.5. The van der Waals surface area contributed by atoms with Crippen LogP contribution < -0.4 is 5.73 Å². The molecule has 0 aliphatic rings. The van der Waals surface area contributed by atoms with E-state index in [0.29, 0.717) is 5.82 Å². The van der Waals surface area contributed by atoms with Crippen LogP contribution in [0.25, 0.3) is 11.1 Å². The van der Waals surface area contributed by atoms with Gasteiger partial charge in [-0.3, -0.25) is 5.10 Å². The maximum Gasteiger partial charge on any atom is 0.123 e. The van der Waals surface area contributed by atoms with E-state index < -0.39 is 0 Å². The van der Waals surface area contributed by atoms with Crippen LogP contribution in [-0.4, -0.2) is 15.2 Å². The lowest BCUT2D eigenvalue weighted by atomic mass is 9.83. The summed E-state index contributed by atoms with van der Waals surface area (Å²) in [5, 5.41) is 7.26. The Morgan fingerprint density at radius 2 is 2.18 bits per heavy atom. The molecular weight excluding hydrogens is 212 g/mol. The van der Waals surface area contributed by atoms with E-state index in [0.717, 1.165) is 23.2 Å². The van der Waals surface area contributed by atoms with Gasteiger partial charge in [0.05, 0.1) is 6.20 Å². The molecule has 2 aromatic rings. The first-order chi connectivity index (χ1) is 8.04. The summed E-state index contributed by atoms with van der Waals surface area (Å²) in [6, 6.07) is 3.83. The Kier molecular flexibility index (Phi) is 2.88. The van der Waals surface area contributed by atoms with Crippen molar-refractivity contribution in [3.05, 3.63) is 30.2 Å². The van der Waals surface area contributed by atoms with Gasteiger partial charge < -0.3 is 5.73 Å². The SMILES string of the molecule is CCC(C)(C)c1[nH]ncc1-c1ccnc(N)c1. The van der Waals surface area contributed by atoms with Crippen molar-refractivity contribution in [3.8, 4) is 11.1 Å². The summed E-state index contributed by atoms with van der Waals surface area (Å²) in [5.74, 6) is 0.531. The minimum Gasteiger partial charge on any atom is -0.384 e. The van der Waals surface area contributed by atoms with Gasteiger partial charge in [0.2, 0.25) is 0 Å². The van der Waals surface area contributed by atoms with Gasteiger partial charge in [0.25, 0.3) is 0 Å². The van der Waals surface area contributed by atoms with Gasteiger partial charge in [-0.1, -0.05) is 20.8 Å². The fourth-order valence-electron chi connectivity index (χ4n) is 1.81. The molecular formula is C13H18N4. The van der Waals surface area contributed by atoms with Crippen molar-refractivity contribution in [1.82, 2.24) is 15.2 Å². The first kappa shape index (κ1) is 11.6. The molecule has 0 saturated carbocycles. The van der Waals surface area contributed by atoms with Crippen molar-refractivity contribution in [2.75, 3.05) is 5.73 Å². The number of hydrogen-bond acceptors (Lipinski definition) is 3. The summed E-state index contributed by atoms with van der Waals surface area (Å²) in [7, 11) is 0. The van der Waals surface area contributed by atoms with E-state index in [-0.39, 0.29) is 5.41 Å². The average molecular weight is 230 g/mol. The maximum atomic E-state index is 5.71. The number of hydrogen-bond donors (Lipinski definition) is 2. The Labute approximate surface area is 101 Å². The topological polar surface area (TPSA) is 67.6 Å². The second-order valence-electron chi connectivity index (χ2n) is 4.87. The van der Waals surface area contributed by atoms with Gasteiger partial charge in [0.1, 0.15) is 5.82 Å². The fraction of sp³-hybridized carbons (Fsp3) is 0.385. The van der Waals surface area contributed by atoms with Crippen molar-refractivity contribution < 1.29 is 0 Å². The van der Waals surface area contributed by atoms with E-state index in [2.05, 4.69) is 36.0 Å². The molecule has 0 radical (unpaired) electrons. The van der Waals surface area contributed by atoms with E-state index in [1.165, 1.54) is 0 Å². The molecule has 4 heteroatoms. The van der Waals surface area contributed by atoms with Crippen LogP contribution in [0.15, 0.2) is 24.5 Å². The molecule has 3 N–H and O–H groups in total. The van der Waals surface area contributed by atoms with E-state index in [1.54, 1.807) is 6.20 Å². The van der Waals surface area contributed by atoms with Crippen molar-refractivity contribution in [2.45, 2.75) is 32.6 Å². The molecule has 0 unspecified atom stereocenters. The zero-order valence-electron chi connectivity index (χ0n) is 10.5. The minimum absolute atomic E-state index is 0.0733. The lowest BCUT2D eigenvalue weighted by molar-refractivity contribution is 0.490. The Bertz CT molecular complexity index is 514. The van der Waals surface area contributed by atoms with Gasteiger partial charge >= 0.3 is 0 Å². The number of anilines is 1. The van der Waals surface area contributed by atoms with E-state index in [4.69, 9.17) is 5.73 Å². The molecule has 0 aliphatic carbocycles. The smallest absolute Gasteiger partial charge is 0.123 e. The number of nitrogen functional groups attached to an aromatic ring is 1. The summed E-state index contributed by atoms with van der Waals surface area (Å²) in [6.07, 6.45) is 4.62. The Morgan fingerprint density at radius 3 is 2.82 bits per heavy atom. The highest BCUT2D eigenvalue weighted by atomic mass is 15.1. The third-order valence-corrected chi connectivity index (χ3v) is 3.29. The Balaban J connectivity index is 2.51. The molecule has 0 fully saturated rings. The third-order valence-electron chi connectivity index (χ3n) is 3.29. The second-order valence-corrected chi connectivity index (χ2v) is 4.87. The molecule has 0 spiro atoms. The highest BCUT2D eigenvalue weighted by Gasteiger charge is 2.24. The Hall–Kier alpha value is -1.84. The molecule has 2 heterocycles. The third kappa shape index (κ3) is 2.16. The van der Waals surface area contributed by atoms with Crippen LogP contribution in [0.3, 0.4) is 0 Å². The van der Waals surface area contributed by atoms with Crippen LogP contribution >= 0.6 is 0 Å². The standard InChI is InChI=1S/C13H18N4/c1-4-13(2,3)12-10(8-16-17-12)9-5-6-15-11(14)7-9/h5-8H,4H2,1-3H3,(H2,14,15)(H,16,17). The second kappa shape index (κ2) is 4.20. The van der Waals surface area contributed by atoms with E-state index in [1.807, 2.05) is 18.3 Å². The lowest BCUT2D eigenvalue weighted by Gasteiger charge is -2.22. The van der Waals surface area contributed by atoms with Gasteiger partial charge in [0, 0.05) is 22.9 Å². The number of aromatic amines is 1. The molecule has 90 valence electrons. The van der Waals surface area contributed by atoms with Crippen LogP contribution in [0.4, 0.5) is 5.82 Å². The molecule has 2 rings (SSSR count). The van der Waals surface area contributed by atoms with Crippen LogP contribution in [-0.2, 0) is 5.41 Å². The Morgan fingerprint density at radius 1 is 1.41 bits per heavy atom. The van der Waals surface area contributed by atoms with Gasteiger partial charge in [-0.2, -0.15) is 5.10 Å². The summed E-state index contributed by atoms with van der Waals surface area (Å²) in [6.45, 7) is 6.58. The van der Waals surface area contributed by atoms with Crippen LogP contribution in [0.2, 0.25) is 0 Å². The van der Waals surface area contributed by atoms with E-state index in [9.17, 15) is 0 Å². The van der Waals surface area contributed by atoms with Crippen LogP contribution in [0.1, 0.15) is 32.9 Å². The number of nitrogens with one attached hydrogen (secondary N) is 1. The molecule has 0 amide bonds. The first-order valence-corrected chi connectivity index (χ1v) is 5.80. The highest BCUT2D eigenvalue weighted by molar-refractivity contribution is 5.68. The summed E-state index contributed by atoms with van der Waals surface area (Å²) in [5.41, 5.74) is 9.09.